The van der Waals surface area contributed by atoms with Crippen molar-refractivity contribution >= 4 is 16.1 Å². The van der Waals surface area contributed by atoms with Crippen molar-refractivity contribution in [2.24, 2.45) is 0 Å². The van der Waals surface area contributed by atoms with Crippen LogP contribution < -0.4 is 5.32 Å². The normalized spacial score (nSPS) is 17.9. The van der Waals surface area contributed by atoms with Crippen molar-refractivity contribution < 1.29 is 17.6 Å². The SMILES string of the molecule is CN(C1CCCCC1)S(=O)(=O)N(Cc1ccc(C(=O)NC2CC2)cc1)Cc1ccco1. The maximum absolute atomic E-state index is 13.5. The van der Waals surface area contributed by atoms with Crippen LogP contribution in [-0.2, 0) is 23.3 Å². The average Bonchev–Trinajstić information content (AvgIpc) is 3.45. The van der Waals surface area contributed by atoms with Crippen LogP contribution in [0.15, 0.2) is 47.1 Å². The Labute approximate surface area is 184 Å². The number of nitrogens with zero attached hydrogens (tertiary/aromatic N) is 2. The first kappa shape index (κ1) is 22.0. The molecule has 1 aromatic carbocycles. The standard InChI is InChI=1S/C23H31N3O4S/c1-25(21-6-3-2-4-7-21)31(28,29)26(17-22-8-5-15-30-22)16-18-9-11-19(12-10-18)23(27)24-20-13-14-20/h5,8-12,15,20-21H,2-4,6-7,13-14,16-17H2,1H3,(H,24,27). The highest BCUT2D eigenvalue weighted by atomic mass is 32.2. The van der Waals surface area contributed by atoms with Crippen molar-refractivity contribution in [3.63, 3.8) is 0 Å². The number of amides is 1. The second-order valence-corrected chi connectivity index (χ2v) is 10.6. The molecule has 2 fully saturated rings. The molecule has 2 saturated carbocycles. The van der Waals surface area contributed by atoms with Crippen LogP contribution in [0.5, 0.6) is 0 Å². The zero-order chi connectivity index (χ0) is 21.8. The highest BCUT2D eigenvalue weighted by molar-refractivity contribution is 7.86. The fourth-order valence-electron chi connectivity index (χ4n) is 4.07. The number of nitrogens with one attached hydrogen (secondary N) is 1. The molecular weight excluding hydrogens is 414 g/mol. The van der Waals surface area contributed by atoms with Gasteiger partial charge in [0.05, 0.1) is 12.8 Å². The third-order valence-corrected chi connectivity index (χ3v) is 8.12. The number of carbonyl (C=O) groups is 1. The monoisotopic (exact) mass is 445 g/mol. The summed E-state index contributed by atoms with van der Waals surface area (Å²) in [5, 5.41) is 2.97. The molecule has 1 heterocycles. The number of furan rings is 1. The summed E-state index contributed by atoms with van der Waals surface area (Å²) in [6.07, 6.45) is 8.72. The lowest BCUT2D eigenvalue weighted by Gasteiger charge is -2.34. The van der Waals surface area contributed by atoms with E-state index < -0.39 is 10.2 Å². The van der Waals surface area contributed by atoms with E-state index in [1.807, 2.05) is 12.1 Å². The zero-order valence-electron chi connectivity index (χ0n) is 18.0. The second kappa shape index (κ2) is 9.54. The van der Waals surface area contributed by atoms with Gasteiger partial charge in [-0.05, 0) is 55.5 Å². The molecule has 1 amide bonds. The minimum atomic E-state index is -3.68. The van der Waals surface area contributed by atoms with Gasteiger partial charge in [0.25, 0.3) is 16.1 Å². The van der Waals surface area contributed by atoms with E-state index in [2.05, 4.69) is 5.32 Å². The Balaban J connectivity index is 1.51. The fourth-order valence-corrected chi connectivity index (χ4v) is 5.63. The van der Waals surface area contributed by atoms with Gasteiger partial charge in [-0.1, -0.05) is 31.4 Å². The highest BCUT2D eigenvalue weighted by Gasteiger charge is 2.33. The quantitative estimate of drug-likeness (QED) is 0.638. The van der Waals surface area contributed by atoms with Crippen LogP contribution in [-0.4, -0.2) is 42.1 Å². The Morgan fingerprint density at radius 3 is 2.35 bits per heavy atom. The summed E-state index contributed by atoms with van der Waals surface area (Å²) in [4.78, 5) is 12.2. The van der Waals surface area contributed by atoms with Crippen LogP contribution in [0.2, 0.25) is 0 Å². The van der Waals surface area contributed by atoms with Crippen molar-refractivity contribution in [1.29, 1.82) is 0 Å². The lowest BCUT2D eigenvalue weighted by atomic mass is 9.96. The lowest BCUT2D eigenvalue weighted by molar-refractivity contribution is 0.0951. The maximum atomic E-state index is 13.5. The molecule has 0 atom stereocenters. The zero-order valence-corrected chi connectivity index (χ0v) is 18.8. The van der Waals surface area contributed by atoms with E-state index in [1.54, 1.807) is 37.6 Å². The van der Waals surface area contributed by atoms with Gasteiger partial charge in [0.1, 0.15) is 5.76 Å². The van der Waals surface area contributed by atoms with Gasteiger partial charge in [-0.2, -0.15) is 17.0 Å². The Bertz CT molecular complexity index is 963. The summed E-state index contributed by atoms with van der Waals surface area (Å²) < 4.78 is 35.5. The van der Waals surface area contributed by atoms with Crippen LogP contribution >= 0.6 is 0 Å². The summed E-state index contributed by atoms with van der Waals surface area (Å²) in [6.45, 7) is 0.376. The number of rotatable bonds is 9. The summed E-state index contributed by atoms with van der Waals surface area (Å²) >= 11 is 0. The predicted octanol–water partition coefficient (Wildman–Crippen LogP) is 3.68. The summed E-state index contributed by atoms with van der Waals surface area (Å²) in [6, 6.07) is 11.1. The molecule has 31 heavy (non-hydrogen) atoms. The van der Waals surface area contributed by atoms with Crippen LogP contribution in [0.4, 0.5) is 0 Å². The molecule has 1 N–H and O–H groups in total. The summed E-state index contributed by atoms with van der Waals surface area (Å²) in [5.41, 5.74) is 1.42. The summed E-state index contributed by atoms with van der Waals surface area (Å²) in [5.74, 6) is 0.521. The molecule has 2 aliphatic rings. The minimum Gasteiger partial charge on any atom is -0.468 e. The van der Waals surface area contributed by atoms with Crippen molar-refractivity contribution in [3.05, 3.63) is 59.5 Å². The third kappa shape index (κ3) is 5.56. The van der Waals surface area contributed by atoms with Crippen molar-refractivity contribution in [3.8, 4) is 0 Å². The lowest BCUT2D eigenvalue weighted by Crippen LogP contribution is -2.46. The maximum Gasteiger partial charge on any atom is 0.282 e. The summed E-state index contributed by atoms with van der Waals surface area (Å²) in [7, 11) is -2.00. The molecule has 0 radical (unpaired) electrons. The van der Waals surface area contributed by atoms with Gasteiger partial charge in [0, 0.05) is 31.2 Å². The van der Waals surface area contributed by atoms with Gasteiger partial charge in [0.2, 0.25) is 0 Å². The van der Waals surface area contributed by atoms with Crippen molar-refractivity contribution in [1.82, 2.24) is 13.9 Å². The molecule has 4 rings (SSSR count). The van der Waals surface area contributed by atoms with Gasteiger partial charge in [-0.15, -0.1) is 0 Å². The molecule has 0 aliphatic heterocycles. The molecule has 0 unspecified atom stereocenters. The van der Waals surface area contributed by atoms with Gasteiger partial charge in [-0.3, -0.25) is 4.79 Å². The van der Waals surface area contributed by atoms with Crippen molar-refractivity contribution in [2.75, 3.05) is 7.05 Å². The van der Waals surface area contributed by atoms with Crippen LogP contribution in [0.25, 0.3) is 0 Å². The van der Waals surface area contributed by atoms with Gasteiger partial charge in [-0.25, -0.2) is 0 Å². The molecule has 8 heteroatoms. The highest BCUT2D eigenvalue weighted by Crippen LogP contribution is 2.26. The first-order chi connectivity index (χ1) is 14.9. The van der Waals surface area contributed by atoms with Gasteiger partial charge >= 0.3 is 0 Å². The first-order valence-electron chi connectivity index (χ1n) is 11.1. The minimum absolute atomic E-state index is 0.0337. The van der Waals surface area contributed by atoms with E-state index in [0.29, 0.717) is 17.4 Å². The Hall–Kier alpha value is -2.16. The van der Waals surface area contributed by atoms with Crippen LogP contribution in [0, 0.1) is 0 Å². The second-order valence-electron chi connectivity index (χ2n) is 8.61. The number of benzene rings is 1. The Kier molecular flexibility index (Phi) is 6.79. The molecule has 0 bridgehead atoms. The van der Waals surface area contributed by atoms with E-state index in [4.69, 9.17) is 4.42 Å². The molecule has 0 spiro atoms. The Morgan fingerprint density at radius 2 is 1.74 bits per heavy atom. The van der Waals surface area contributed by atoms with E-state index in [-0.39, 0.29) is 25.0 Å². The topological polar surface area (TPSA) is 82.9 Å². The van der Waals surface area contributed by atoms with E-state index in [1.165, 1.54) is 15.0 Å². The molecule has 7 nitrogen and oxygen atoms in total. The predicted molar refractivity (Wildman–Crippen MR) is 118 cm³/mol. The van der Waals surface area contributed by atoms with Crippen LogP contribution in [0.3, 0.4) is 0 Å². The van der Waals surface area contributed by atoms with Gasteiger partial charge < -0.3 is 9.73 Å². The van der Waals surface area contributed by atoms with E-state index >= 15 is 0 Å². The Morgan fingerprint density at radius 1 is 1.03 bits per heavy atom. The largest absolute Gasteiger partial charge is 0.468 e. The van der Waals surface area contributed by atoms with Crippen LogP contribution in [0.1, 0.15) is 66.6 Å². The average molecular weight is 446 g/mol. The third-order valence-electron chi connectivity index (χ3n) is 6.18. The van der Waals surface area contributed by atoms with E-state index in [0.717, 1.165) is 44.1 Å². The molecule has 168 valence electrons. The molecular formula is C23H31N3O4S. The van der Waals surface area contributed by atoms with E-state index in [9.17, 15) is 13.2 Å². The molecule has 1 aromatic heterocycles. The number of hydrogen-bond acceptors (Lipinski definition) is 4. The van der Waals surface area contributed by atoms with Gasteiger partial charge in [0.15, 0.2) is 0 Å². The van der Waals surface area contributed by atoms with Crippen molar-refractivity contribution in [2.45, 2.75) is 70.1 Å². The fraction of sp³-hybridized carbons (Fsp3) is 0.522. The number of hydrogen-bond donors (Lipinski definition) is 1. The first-order valence-corrected chi connectivity index (χ1v) is 12.5. The smallest absolute Gasteiger partial charge is 0.282 e. The number of carbonyl (C=O) groups excluding carboxylic acids is 1. The molecule has 0 saturated heterocycles. The molecule has 2 aliphatic carbocycles. The molecule has 2 aromatic rings.